The number of anilines is 2. The largest absolute Gasteiger partial charge is 0.385 e. The zero-order chi connectivity index (χ0) is 22.1. The summed E-state index contributed by atoms with van der Waals surface area (Å²) < 4.78 is 5.12. The first kappa shape index (κ1) is 23.6. The second-order valence-corrected chi connectivity index (χ2v) is 7.91. The van der Waals surface area contributed by atoms with Crippen LogP contribution in [0, 0.1) is 27.7 Å². The molecular formula is C24H33N3O3. The second-order valence-electron chi connectivity index (χ2n) is 7.91. The Morgan fingerprint density at radius 1 is 0.767 bits per heavy atom. The predicted molar refractivity (Wildman–Crippen MR) is 122 cm³/mol. The maximum Gasteiger partial charge on any atom is 0.238 e. The molecule has 2 rings (SSSR count). The van der Waals surface area contributed by atoms with E-state index in [1.807, 2.05) is 56.9 Å². The average Bonchev–Trinajstić information content (AvgIpc) is 2.59. The number of nitrogens with one attached hydrogen (secondary N) is 2. The molecule has 0 radical (unpaired) electrons. The van der Waals surface area contributed by atoms with E-state index in [1.54, 1.807) is 7.11 Å². The molecule has 0 aromatic heterocycles. The molecule has 0 saturated heterocycles. The van der Waals surface area contributed by atoms with Gasteiger partial charge in [-0.25, -0.2) is 0 Å². The monoisotopic (exact) mass is 411 g/mol. The van der Waals surface area contributed by atoms with Crippen LogP contribution >= 0.6 is 0 Å². The molecule has 0 fully saturated rings. The molecule has 6 nitrogen and oxygen atoms in total. The number of ether oxygens (including phenoxy) is 1. The van der Waals surface area contributed by atoms with Crippen molar-refractivity contribution in [1.29, 1.82) is 0 Å². The number of methoxy groups -OCH3 is 1. The minimum atomic E-state index is -0.142. The molecule has 162 valence electrons. The van der Waals surface area contributed by atoms with E-state index in [0.29, 0.717) is 13.2 Å². The van der Waals surface area contributed by atoms with Gasteiger partial charge in [-0.15, -0.1) is 0 Å². The van der Waals surface area contributed by atoms with Gasteiger partial charge in [-0.1, -0.05) is 12.1 Å². The van der Waals surface area contributed by atoms with Crippen LogP contribution in [-0.4, -0.2) is 50.1 Å². The Hall–Kier alpha value is -2.70. The quantitative estimate of drug-likeness (QED) is 0.583. The summed E-state index contributed by atoms with van der Waals surface area (Å²) in [5.74, 6) is -0.284. The standard InChI is InChI=1S/C24H33N3O3/c1-17-9-18(2)12-21(11-17)25-23(28)15-27(7-6-8-30-5)16-24(29)26-22-13-19(3)10-20(4)14-22/h9-14H,6-8,15-16H2,1-5H3,(H,25,28)(H,26,29). The van der Waals surface area contributed by atoms with Gasteiger partial charge in [-0.3, -0.25) is 14.5 Å². The maximum absolute atomic E-state index is 12.6. The SMILES string of the molecule is COCCCN(CC(=O)Nc1cc(C)cc(C)c1)CC(=O)Nc1cc(C)cc(C)c1. The van der Waals surface area contributed by atoms with Crippen molar-refractivity contribution in [2.45, 2.75) is 34.1 Å². The maximum atomic E-state index is 12.6. The van der Waals surface area contributed by atoms with Gasteiger partial charge in [0.2, 0.25) is 11.8 Å². The lowest BCUT2D eigenvalue weighted by Gasteiger charge is -2.21. The van der Waals surface area contributed by atoms with Crippen molar-refractivity contribution >= 4 is 23.2 Å². The highest BCUT2D eigenvalue weighted by Crippen LogP contribution is 2.15. The van der Waals surface area contributed by atoms with Crippen molar-refractivity contribution in [2.75, 3.05) is 44.0 Å². The smallest absolute Gasteiger partial charge is 0.238 e. The molecule has 0 spiro atoms. The van der Waals surface area contributed by atoms with Crippen LogP contribution < -0.4 is 10.6 Å². The minimum Gasteiger partial charge on any atom is -0.385 e. The van der Waals surface area contributed by atoms with E-state index in [-0.39, 0.29) is 24.9 Å². The Bertz CT molecular complexity index is 772. The van der Waals surface area contributed by atoms with E-state index in [9.17, 15) is 9.59 Å². The molecule has 2 N–H and O–H groups in total. The Morgan fingerprint density at radius 3 is 1.53 bits per heavy atom. The van der Waals surface area contributed by atoms with Crippen LogP contribution in [0.2, 0.25) is 0 Å². The zero-order valence-corrected chi connectivity index (χ0v) is 18.7. The van der Waals surface area contributed by atoms with Gasteiger partial charge < -0.3 is 15.4 Å². The molecular weight excluding hydrogens is 378 g/mol. The van der Waals surface area contributed by atoms with Crippen molar-refractivity contribution in [2.24, 2.45) is 0 Å². The summed E-state index contributed by atoms with van der Waals surface area (Å²) in [6.45, 7) is 9.43. The van der Waals surface area contributed by atoms with Gasteiger partial charge in [0.05, 0.1) is 13.1 Å². The third-order valence-corrected chi connectivity index (χ3v) is 4.57. The summed E-state index contributed by atoms with van der Waals surface area (Å²) in [4.78, 5) is 27.0. The summed E-state index contributed by atoms with van der Waals surface area (Å²) in [7, 11) is 1.64. The summed E-state index contributed by atoms with van der Waals surface area (Å²) in [5, 5.41) is 5.88. The third kappa shape index (κ3) is 8.35. The van der Waals surface area contributed by atoms with Crippen molar-refractivity contribution in [3.05, 3.63) is 58.7 Å². The highest BCUT2D eigenvalue weighted by molar-refractivity contribution is 5.94. The Balaban J connectivity index is 1.99. The number of hydrogen-bond donors (Lipinski definition) is 2. The molecule has 0 saturated carbocycles. The number of benzene rings is 2. The number of carbonyl (C=O) groups is 2. The molecule has 2 aromatic carbocycles. The lowest BCUT2D eigenvalue weighted by molar-refractivity contribution is -0.120. The number of carbonyl (C=O) groups excluding carboxylic acids is 2. The first-order valence-corrected chi connectivity index (χ1v) is 10.2. The lowest BCUT2D eigenvalue weighted by atomic mass is 10.1. The van der Waals surface area contributed by atoms with E-state index in [0.717, 1.165) is 40.0 Å². The number of rotatable bonds is 10. The molecule has 0 atom stereocenters. The summed E-state index contributed by atoms with van der Waals surface area (Å²) in [6.07, 6.45) is 0.740. The van der Waals surface area contributed by atoms with Gasteiger partial charge in [0.25, 0.3) is 0 Å². The topological polar surface area (TPSA) is 70.7 Å². The Labute approximate surface area is 179 Å². The van der Waals surface area contributed by atoms with Crippen LogP contribution in [0.15, 0.2) is 36.4 Å². The minimum absolute atomic E-state index is 0.136. The van der Waals surface area contributed by atoms with Gasteiger partial charge in [0.1, 0.15) is 0 Å². The fourth-order valence-corrected chi connectivity index (χ4v) is 3.55. The normalized spacial score (nSPS) is 10.9. The average molecular weight is 412 g/mol. The van der Waals surface area contributed by atoms with Crippen LogP contribution in [-0.2, 0) is 14.3 Å². The van der Waals surface area contributed by atoms with Crippen molar-refractivity contribution in [1.82, 2.24) is 4.90 Å². The van der Waals surface area contributed by atoms with Crippen LogP contribution in [0.4, 0.5) is 11.4 Å². The molecule has 0 heterocycles. The molecule has 0 unspecified atom stereocenters. The summed E-state index contributed by atoms with van der Waals surface area (Å²) in [5.41, 5.74) is 5.92. The van der Waals surface area contributed by atoms with Crippen molar-refractivity contribution < 1.29 is 14.3 Å². The molecule has 0 aliphatic rings. The van der Waals surface area contributed by atoms with Crippen LogP contribution in [0.3, 0.4) is 0 Å². The fourth-order valence-electron chi connectivity index (χ4n) is 3.55. The first-order valence-electron chi connectivity index (χ1n) is 10.2. The third-order valence-electron chi connectivity index (χ3n) is 4.57. The number of nitrogens with zero attached hydrogens (tertiary/aromatic N) is 1. The van der Waals surface area contributed by atoms with Gasteiger partial charge >= 0.3 is 0 Å². The van der Waals surface area contributed by atoms with Gasteiger partial charge in [-0.05, 0) is 80.6 Å². The number of hydrogen-bond acceptors (Lipinski definition) is 4. The van der Waals surface area contributed by atoms with E-state index < -0.39 is 0 Å². The van der Waals surface area contributed by atoms with E-state index in [1.165, 1.54) is 0 Å². The van der Waals surface area contributed by atoms with E-state index in [2.05, 4.69) is 22.8 Å². The van der Waals surface area contributed by atoms with Crippen LogP contribution in [0.5, 0.6) is 0 Å². The number of amides is 2. The zero-order valence-electron chi connectivity index (χ0n) is 18.7. The van der Waals surface area contributed by atoms with Gasteiger partial charge in [0, 0.05) is 31.6 Å². The lowest BCUT2D eigenvalue weighted by Crippen LogP contribution is -2.39. The molecule has 6 heteroatoms. The summed E-state index contributed by atoms with van der Waals surface area (Å²) >= 11 is 0. The molecule has 0 aliphatic heterocycles. The fraction of sp³-hybridized carbons (Fsp3) is 0.417. The van der Waals surface area contributed by atoms with Crippen molar-refractivity contribution in [3.8, 4) is 0 Å². The Morgan fingerprint density at radius 2 is 1.17 bits per heavy atom. The first-order chi connectivity index (χ1) is 14.2. The number of aryl methyl sites for hydroxylation is 4. The predicted octanol–water partition coefficient (Wildman–Crippen LogP) is 3.84. The van der Waals surface area contributed by atoms with Gasteiger partial charge in [-0.2, -0.15) is 0 Å². The highest BCUT2D eigenvalue weighted by Gasteiger charge is 2.15. The molecule has 2 amide bonds. The molecule has 0 aliphatic carbocycles. The molecule has 30 heavy (non-hydrogen) atoms. The van der Waals surface area contributed by atoms with Crippen molar-refractivity contribution in [3.63, 3.8) is 0 Å². The van der Waals surface area contributed by atoms with E-state index in [4.69, 9.17) is 4.74 Å². The Kier molecular flexibility index (Phi) is 9.02. The van der Waals surface area contributed by atoms with Crippen LogP contribution in [0.25, 0.3) is 0 Å². The molecule has 2 aromatic rings. The van der Waals surface area contributed by atoms with E-state index >= 15 is 0 Å². The molecule has 0 bridgehead atoms. The summed E-state index contributed by atoms with van der Waals surface area (Å²) in [6, 6.07) is 11.9. The highest BCUT2D eigenvalue weighted by atomic mass is 16.5. The second kappa shape index (κ2) is 11.5. The van der Waals surface area contributed by atoms with Crippen LogP contribution in [0.1, 0.15) is 28.7 Å². The van der Waals surface area contributed by atoms with Gasteiger partial charge in [0.15, 0.2) is 0 Å².